The van der Waals surface area contributed by atoms with Crippen molar-refractivity contribution in [1.82, 2.24) is 4.90 Å². The number of rotatable bonds is 3. The molecule has 116 valence electrons. The van der Waals surface area contributed by atoms with Crippen LogP contribution in [0.2, 0.25) is 0 Å². The highest BCUT2D eigenvalue weighted by Gasteiger charge is 2.52. The Bertz CT molecular complexity index is 380. The van der Waals surface area contributed by atoms with Crippen LogP contribution in [-0.2, 0) is 9.53 Å². The summed E-state index contributed by atoms with van der Waals surface area (Å²) in [6.45, 7) is 9.35. The Hall–Kier alpha value is -0.910. The second-order valence-electron chi connectivity index (χ2n) is 6.07. The van der Waals surface area contributed by atoms with E-state index in [-0.39, 0.29) is 5.25 Å². The number of thioether (sulfide) groups is 1. The van der Waals surface area contributed by atoms with Gasteiger partial charge in [0.2, 0.25) is 0 Å². The van der Waals surface area contributed by atoms with Crippen molar-refractivity contribution in [2.45, 2.75) is 63.9 Å². The zero-order valence-corrected chi connectivity index (χ0v) is 13.7. The van der Waals surface area contributed by atoms with Gasteiger partial charge in [0.05, 0.1) is 0 Å². The van der Waals surface area contributed by atoms with Crippen LogP contribution in [-0.4, -0.2) is 50.8 Å². The fourth-order valence-corrected chi connectivity index (χ4v) is 3.87. The molecule has 0 aromatic heterocycles. The molecule has 0 aromatic rings. The quantitative estimate of drug-likeness (QED) is 0.868. The molecule has 0 radical (unpaired) electrons. The molecular weight excluding hydrogens is 278 g/mol. The van der Waals surface area contributed by atoms with Gasteiger partial charge in [-0.2, -0.15) is 11.8 Å². The number of carboxylic acid groups (broad SMARTS) is 1. The molecule has 20 heavy (non-hydrogen) atoms. The summed E-state index contributed by atoms with van der Waals surface area (Å²) in [4.78, 5) is 25.7. The minimum atomic E-state index is -1.17. The van der Waals surface area contributed by atoms with E-state index < -0.39 is 23.2 Å². The monoisotopic (exact) mass is 303 g/mol. The summed E-state index contributed by atoms with van der Waals surface area (Å²) < 4.78 is 5.38. The van der Waals surface area contributed by atoms with Crippen molar-refractivity contribution >= 4 is 23.8 Å². The second kappa shape index (κ2) is 6.24. The lowest BCUT2D eigenvalue weighted by molar-refractivity contribution is -0.152. The van der Waals surface area contributed by atoms with Crippen LogP contribution < -0.4 is 0 Å². The van der Waals surface area contributed by atoms with Crippen molar-refractivity contribution in [3.8, 4) is 0 Å². The van der Waals surface area contributed by atoms with Crippen LogP contribution in [0.25, 0.3) is 0 Å². The first kappa shape index (κ1) is 17.1. The van der Waals surface area contributed by atoms with E-state index in [0.29, 0.717) is 13.0 Å². The number of ether oxygens (including phenoxy) is 1. The summed E-state index contributed by atoms with van der Waals surface area (Å²) in [7, 11) is 0. The Kier molecular flexibility index (Phi) is 5.35. The Labute approximate surface area is 125 Å². The number of carbonyl (C=O) groups is 2. The molecule has 0 spiro atoms. The lowest BCUT2D eigenvalue weighted by Crippen LogP contribution is -2.64. The van der Waals surface area contributed by atoms with E-state index in [4.69, 9.17) is 4.74 Å². The molecule has 1 aliphatic rings. The van der Waals surface area contributed by atoms with Crippen molar-refractivity contribution in [1.29, 1.82) is 0 Å². The molecule has 0 bridgehead atoms. The Morgan fingerprint density at radius 3 is 2.45 bits per heavy atom. The van der Waals surface area contributed by atoms with Crippen LogP contribution in [0.15, 0.2) is 0 Å². The van der Waals surface area contributed by atoms with Crippen LogP contribution in [0.1, 0.15) is 47.5 Å². The maximum atomic E-state index is 12.4. The van der Waals surface area contributed by atoms with Crippen LogP contribution in [0.5, 0.6) is 0 Å². The fraction of sp³-hybridized carbons (Fsp3) is 0.857. The van der Waals surface area contributed by atoms with Crippen LogP contribution >= 0.6 is 11.8 Å². The van der Waals surface area contributed by atoms with Gasteiger partial charge in [-0.15, -0.1) is 0 Å². The SMILES string of the molecule is CCN(C(=O)OC(C)(C)C)C1(C(=O)O)CCCSC1C. The van der Waals surface area contributed by atoms with Gasteiger partial charge in [-0.1, -0.05) is 6.92 Å². The van der Waals surface area contributed by atoms with E-state index in [1.54, 1.807) is 39.5 Å². The van der Waals surface area contributed by atoms with Crippen molar-refractivity contribution in [2.24, 2.45) is 0 Å². The van der Waals surface area contributed by atoms with Gasteiger partial charge in [0, 0.05) is 11.8 Å². The Morgan fingerprint density at radius 2 is 2.05 bits per heavy atom. The van der Waals surface area contributed by atoms with Gasteiger partial charge in [-0.25, -0.2) is 9.59 Å². The summed E-state index contributed by atoms with van der Waals surface area (Å²) >= 11 is 1.60. The molecule has 1 N–H and O–H groups in total. The average Bonchev–Trinajstić information content (AvgIpc) is 2.29. The third kappa shape index (κ3) is 3.40. The third-order valence-electron chi connectivity index (χ3n) is 3.52. The van der Waals surface area contributed by atoms with Crippen molar-refractivity contribution in [2.75, 3.05) is 12.3 Å². The number of likely N-dealkylation sites (N-methyl/N-ethyl adjacent to an activating group) is 1. The summed E-state index contributed by atoms with van der Waals surface area (Å²) in [5.41, 5.74) is -1.80. The van der Waals surface area contributed by atoms with E-state index in [2.05, 4.69) is 0 Å². The van der Waals surface area contributed by atoms with Gasteiger partial charge < -0.3 is 9.84 Å². The standard InChI is InChI=1S/C14H25NO4S/c1-6-15(12(18)19-13(3,4)5)14(11(16)17)8-7-9-20-10(14)2/h10H,6-9H2,1-5H3,(H,16,17). The maximum Gasteiger partial charge on any atom is 0.411 e. The molecule has 1 heterocycles. The largest absolute Gasteiger partial charge is 0.479 e. The highest BCUT2D eigenvalue weighted by molar-refractivity contribution is 8.00. The molecule has 0 aliphatic carbocycles. The summed E-state index contributed by atoms with van der Waals surface area (Å²) in [6.07, 6.45) is 0.723. The first-order valence-electron chi connectivity index (χ1n) is 7.00. The molecule has 1 rings (SSSR count). The molecule has 1 aliphatic heterocycles. The second-order valence-corrected chi connectivity index (χ2v) is 7.52. The van der Waals surface area contributed by atoms with Crippen LogP contribution in [0.4, 0.5) is 4.79 Å². The third-order valence-corrected chi connectivity index (χ3v) is 4.94. The van der Waals surface area contributed by atoms with Crippen molar-refractivity contribution in [3.05, 3.63) is 0 Å². The van der Waals surface area contributed by atoms with Crippen molar-refractivity contribution < 1.29 is 19.4 Å². The predicted octanol–water partition coefficient (Wildman–Crippen LogP) is 2.98. The molecule has 2 unspecified atom stereocenters. The highest BCUT2D eigenvalue weighted by atomic mass is 32.2. The number of hydrogen-bond acceptors (Lipinski definition) is 4. The molecule has 2 atom stereocenters. The summed E-state index contributed by atoms with van der Waals surface area (Å²) in [5.74, 6) is -0.00729. The number of nitrogens with zero attached hydrogens (tertiary/aromatic N) is 1. The van der Waals surface area contributed by atoms with E-state index in [1.165, 1.54) is 4.90 Å². The van der Waals surface area contributed by atoms with E-state index in [0.717, 1.165) is 12.2 Å². The van der Waals surface area contributed by atoms with E-state index in [1.807, 2.05) is 6.92 Å². The first-order valence-corrected chi connectivity index (χ1v) is 8.05. The zero-order valence-electron chi connectivity index (χ0n) is 12.9. The molecule has 0 saturated carbocycles. The highest BCUT2D eigenvalue weighted by Crippen LogP contribution is 2.39. The smallest absolute Gasteiger partial charge is 0.411 e. The predicted molar refractivity (Wildman–Crippen MR) is 80.1 cm³/mol. The Balaban J connectivity index is 3.10. The molecule has 1 amide bonds. The molecule has 1 fully saturated rings. The lowest BCUT2D eigenvalue weighted by atomic mass is 9.87. The zero-order chi connectivity index (χ0) is 15.6. The summed E-state index contributed by atoms with van der Waals surface area (Å²) in [6, 6.07) is 0. The van der Waals surface area contributed by atoms with Gasteiger partial charge in [0.1, 0.15) is 5.60 Å². The average molecular weight is 303 g/mol. The van der Waals surface area contributed by atoms with Gasteiger partial charge in [0.15, 0.2) is 5.54 Å². The minimum Gasteiger partial charge on any atom is -0.479 e. The maximum absolute atomic E-state index is 12.4. The van der Waals surface area contributed by atoms with E-state index in [9.17, 15) is 14.7 Å². The number of carbonyl (C=O) groups excluding carboxylic acids is 1. The Morgan fingerprint density at radius 1 is 1.45 bits per heavy atom. The molecule has 0 aromatic carbocycles. The van der Waals surface area contributed by atoms with Crippen LogP contribution in [0.3, 0.4) is 0 Å². The normalized spacial score (nSPS) is 26.9. The molecular formula is C14H25NO4S. The van der Waals surface area contributed by atoms with E-state index >= 15 is 0 Å². The van der Waals surface area contributed by atoms with Crippen LogP contribution in [0, 0.1) is 0 Å². The first-order chi connectivity index (χ1) is 9.15. The lowest BCUT2D eigenvalue weighted by Gasteiger charge is -2.46. The van der Waals surface area contributed by atoms with Gasteiger partial charge >= 0.3 is 12.1 Å². The fourth-order valence-electron chi connectivity index (χ4n) is 2.58. The molecule has 6 heteroatoms. The number of carboxylic acids is 1. The van der Waals surface area contributed by atoms with Gasteiger partial charge in [-0.3, -0.25) is 4.90 Å². The summed E-state index contributed by atoms with van der Waals surface area (Å²) in [5, 5.41) is 9.59. The molecule has 5 nitrogen and oxygen atoms in total. The van der Waals surface area contributed by atoms with Crippen molar-refractivity contribution in [3.63, 3.8) is 0 Å². The number of hydrogen-bond donors (Lipinski definition) is 1. The number of aliphatic carboxylic acids is 1. The topological polar surface area (TPSA) is 66.8 Å². The minimum absolute atomic E-state index is 0.152. The van der Waals surface area contributed by atoms with Gasteiger partial charge in [0.25, 0.3) is 0 Å². The molecule has 1 saturated heterocycles. The van der Waals surface area contributed by atoms with Gasteiger partial charge in [-0.05, 0) is 46.3 Å². The number of amides is 1.